The van der Waals surface area contributed by atoms with E-state index in [0.717, 1.165) is 35.2 Å². The van der Waals surface area contributed by atoms with Crippen molar-refractivity contribution in [2.75, 3.05) is 7.11 Å². The van der Waals surface area contributed by atoms with Crippen molar-refractivity contribution >= 4 is 29.2 Å². The number of halogens is 3. The number of benzene rings is 4. The van der Waals surface area contributed by atoms with Crippen LogP contribution in [-0.4, -0.2) is 29.6 Å². The van der Waals surface area contributed by atoms with Crippen LogP contribution in [0.2, 0.25) is 5.02 Å². The smallest absolute Gasteiger partial charge is 0.399 e. The Morgan fingerprint density at radius 1 is 0.905 bits per heavy atom. The molecule has 0 aliphatic carbocycles. The Labute approximate surface area is 248 Å². The van der Waals surface area contributed by atoms with Crippen LogP contribution in [0, 0.1) is 0 Å². The van der Waals surface area contributed by atoms with Gasteiger partial charge in [-0.25, -0.2) is 8.42 Å². The third-order valence-electron chi connectivity index (χ3n) is 6.78. The van der Waals surface area contributed by atoms with Crippen molar-refractivity contribution in [1.82, 2.24) is 4.31 Å². The monoisotopic (exact) mass is 635 g/mol. The van der Waals surface area contributed by atoms with Crippen LogP contribution in [0.3, 0.4) is 0 Å². The van der Waals surface area contributed by atoms with Crippen molar-refractivity contribution in [2.45, 2.75) is 37.0 Å². The van der Waals surface area contributed by atoms with E-state index in [1.54, 1.807) is 18.2 Å². The Kier molecular flexibility index (Phi) is 9.57. The van der Waals surface area contributed by atoms with Crippen molar-refractivity contribution in [3.05, 3.63) is 118 Å². The maximum absolute atomic E-state index is 14.4. The van der Waals surface area contributed by atoms with Crippen LogP contribution >= 0.6 is 19.2 Å². The summed E-state index contributed by atoms with van der Waals surface area (Å²) in [4.78, 5) is 18.2. The minimum absolute atomic E-state index is 0.0892. The van der Waals surface area contributed by atoms with E-state index in [2.05, 4.69) is 0 Å². The van der Waals surface area contributed by atoms with Gasteiger partial charge in [-0.3, -0.25) is 4.57 Å². The molecule has 0 radical (unpaired) electrons. The number of methoxy groups -OCH3 is 1. The molecular weight excluding hydrogens is 607 g/mol. The van der Waals surface area contributed by atoms with Crippen LogP contribution < -0.4 is 4.74 Å². The van der Waals surface area contributed by atoms with E-state index in [9.17, 15) is 21.8 Å². The average molecular weight is 636 g/mol. The van der Waals surface area contributed by atoms with Gasteiger partial charge >= 0.3 is 13.3 Å². The van der Waals surface area contributed by atoms with Crippen LogP contribution in [-0.2, 0) is 39.8 Å². The number of rotatable bonds is 11. The minimum atomic E-state index is -5.86. The fourth-order valence-corrected chi connectivity index (χ4v) is 7.01. The third kappa shape index (κ3) is 6.59. The molecule has 222 valence electrons. The van der Waals surface area contributed by atoms with Gasteiger partial charge in [0.2, 0.25) is 10.0 Å². The number of sulfonamides is 1. The van der Waals surface area contributed by atoms with Crippen molar-refractivity contribution in [3.63, 3.8) is 0 Å². The van der Waals surface area contributed by atoms with E-state index in [-0.39, 0.29) is 29.3 Å². The standard InChI is InChI=1S/C30H29ClF2NO6PS/c1-3-21-9-8-11-23(17-21)25-12-5-4-10-24(25)20-34(42(38,39)29-14-7-6-13-28(29)40-2)19-22-15-16-26(27(31)18-22)30(32,33)41(35,36)37/h4-18H,3,19-20H2,1-2H3,(H2,35,36,37). The predicted molar refractivity (Wildman–Crippen MR) is 158 cm³/mol. The molecule has 0 aliphatic rings. The van der Waals surface area contributed by atoms with Gasteiger partial charge in [0.1, 0.15) is 10.6 Å². The van der Waals surface area contributed by atoms with Gasteiger partial charge in [0.15, 0.2) is 0 Å². The second kappa shape index (κ2) is 12.6. The summed E-state index contributed by atoms with van der Waals surface area (Å²) in [5.41, 5.74) is -1.80. The topological polar surface area (TPSA) is 104 Å². The average Bonchev–Trinajstić information content (AvgIpc) is 2.96. The minimum Gasteiger partial charge on any atom is -0.495 e. The van der Waals surface area contributed by atoms with Crippen LogP contribution in [0.4, 0.5) is 8.78 Å². The number of alkyl halides is 2. The molecule has 0 saturated carbocycles. The second-order valence-electron chi connectivity index (χ2n) is 9.53. The number of nitrogens with zero attached hydrogens (tertiary/aromatic N) is 1. The highest BCUT2D eigenvalue weighted by Crippen LogP contribution is 2.60. The number of hydrogen-bond acceptors (Lipinski definition) is 4. The number of aryl methyl sites for hydroxylation is 1. The summed E-state index contributed by atoms with van der Waals surface area (Å²) in [6, 6.07) is 24.5. The third-order valence-corrected chi connectivity index (χ3v) is 9.90. The summed E-state index contributed by atoms with van der Waals surface area (Å²) in [7, 11) is -8.74. The molecule has 4 aromatic rings. The Balaban J connectivity index is 1.81. The van der Waals surface area contributed by atoms with Crippen molar-refractivity contribution in [2.24, 2.45) is 0 Å². The SMILES string of the molecule is CCc1cccc(-c2ccccc2CN(Cc2ccc(C(F)(F)P(=O)(O)O)c(Cl)c2)S(=O)(=O)c2ccccc2OC)c1. The van der Waals surface area contributed by atoms with Crippen LogP contribution in [0.15, 0.2) is 95.9 Å². The van der Waals surface area contributed by atoms with E-state index in [0.29, 0.717) is 5.56 Å². The zero-order valence-electron chi connectivity index (χ0n) is 22.7. The lowest BCUT2D eigenvalue weighted by Crippen LogP contribution is -2.31. The molecule has 0 bridgehead atoms. The molecule has 0 spiro atoms. The molecule has 12 heteroatoms. The van der Waals surface area contributed by atoms with Gasteiger partial charge in [0.05, 0.1) is 17.7 Å². The molecule has 0 atom stereocenters. The summed E-state index contributed by atoms with van der Waals surface area (Å²) >= 11 is 6.07. The van der Waals surface area contributed by atoms with Gasteiger partial charge in [-0.05, 0) is 52.4 Å². The van der Waals surface area contributed by atoms with Crippen molar-refractivity contribution in [3.8, 4) is 16.9 Å². The fraction of sp³-hybridized carbons (Fsp3) is 0.200. The summed E-state index contributed by atoms with van der Waals surface area (Å²) in [6.45, 7) is 1.66. The normalized spacial score (nSPS) is 12.5. The Morgan fingerprint density at radius 3 is 2.26 bits per heavy atom. The van der Waals surface area contributed by atoms with Gasteiger partial charge in [-0.2, -0.15) is 13.1 Å². The molecule has 42 heavy (non-hydrogen) atoms. The molecule has 7 nitrogen and oxygen atoms in total. The lowest BCUT2D eigenvalue weighted by Gasteiger charge is -2.25. The fourth-order valence-electron chi connectivity index (χ4n) is 4.55. The van der Waals surface area contributed by atoms with E-state index < -0.39 is 33.9 Å². The van der Waals surface area contributed by atoms with E-state index in [1.807, 2.05) is 49.4 Å². The summed E-state index contributed by atoms with van der Waals surface area (Å²) in [5.74, 6) is 0.126. The van der Waals surface area contributed by atoms with Crippen LogP contribution in [0.1, 0.15) is 29.2 Å². The molecule has 4 rings (SSSR count). The number of hydrogen-bond donors (Lipinski definition) is 2. The Hall–Kier alpha value is -3.11. The van der Waals surface area contributed by atoms with Gasteiger partial charge in [-0.1, -0.05) is 91.3 Å². The van der Waals surface area contributed by atoms with Gasteiger partial charge in [-0.15, -0.1) is 0 Å². The largest absolute Gasteiger partial charge is 0.495 e. The van der Waals surface area contributed by atoms with E-state index in [4.69, 9.17) is 26.1 Å². The molecule has 0 unspecified atom stereocenters. The van der Waals surface area contributed by atoms with Gasteiger partial charge < -0.3 is 14.5 Å². The molecule has 0 amide bonds. The zero-order chi connectivity index (χ0) is 30.7. The van der Waals surface area contributed by atoms with E-state index >= 15 is 0 Å². The molecule has 0 heterocycles. The highest BCUT2D eigenvalue weighted by Gasteiger charge is 2.51. The quantitative estimate of drug-likeness (QED) is 0.169. The molecule has 0 aliphatic heterocycles. The molecule has 4 aromatic carbocycles. The van der Waals surface area contributed by atoms with Gasteiger partial charge in [0.25, 0.3) is 0 Å². The summed E-state index contributed by atoms with van der Waals surface area (Å²) in [6.07, 6.45) is 0.822. The summed E-state index contributed by atoms with van der Waals surface area (Å²) in [5, 5.41) is -0.604. The lowest BCUT2D eigenvalue weighted by molar-refractivity contribution is 0.0565. The first-order valence-corrected chi connectivity index (χ1v) is 16.3. The highest BCUT2D eigenvalue weighted by atomic mass is 35.5. The predicted octanol–water partition coefficient (Wildman–Crippen LogP) is 7.20. The lowest BCUT2D eigenvalue weighted by atomic mass is 9.97. The maximum Gasteiger partial charge on any atom is 0.399 e. The molecule has 2 N–H and O–H groups in total. The zero-order valence-corrected chi connectivity index (χ0v) is 25.2. The first kappa shape index (κ1) is 31.8. The van der Waals surface area contributed by atoms with Crippen molar-refractivity contribution < 1.29 is 36.3 Å². The molecule has 0 saturated heterocycles. The molecule has 0 fully saturated rings. The summed E-state index contributed by atoms with van der Waals surface area (Å²) < 4.78 is 74.9. The number of para-hydroxylation sites is 1. The second-order valence-corrected chi connectivity index (χ2v) is 13.5. The first-order chi connectivity index (χ1) is 19.8. The first-order valence-electron chi connectivity index (χ1n) is 12.8. The van der Waals surface area contributed by atoms with E-state index in [1.165, 1.54) is 29.6 Å². The molecular formula is C30H29ClF2NO6PS. The van der Waals surface area contributed by atoms with Crippen LogP contribution in [0.25, 0.3) is 11.1 Å². The Morgan fingerprint density at radius 2 is 1.60 bits per heavy atom. The maximum atomic E-state index is 14.4. The van der Waals surface area contributed by atoms with Crippen molar-refractivity contribution in [1.29, 1.82) is 0 Å². The molecule has 0 aromatic heterocycles. The van der Waals surface area contributed by atoms with Gasteiger partial charge in [0, 0.05) is 13.1 Å². The van der Waals surface area contributed by atoms with Crippen LogP contribution in [0.5, 0.6) is 5.75 Å². The highest BCUT2D eigenvalue weighted by molar-refractivity contribution is 7.89. The Bertz CT molecular complexity index is 1750. The number of ether oxygens (including phenoxy) is 1.